The minimum Gasteiger partial charge on any atom is -0.389 e. The number of fused-ring (bicyclic) bond motifs is 1. The van der Waals surface area contributed by atoms with Gasteiger partial charge in [-0.3, -0.25) is 4.99 Å². The lowest BCUT2D eigenvalue weighted by atomic mass is 9.78. The molecule has 1 aromatic heterocycles. The normalized spacial score (nSPS) is 19.8. The summed E-state index contributed by atoms with van der Waals surface area (Å²) in [6.07, 6.45) is 9.75. The first-order chi connectivity index (χ1) is 14.3. The van der Waals surface area contributed by atoms with E-state index < -0.39 is 0 Å². The number of pyridine rings is 1. The van der Waals surface area contributed by atoms with Gasteiger partial charge in [0.25, 0.3) is 0 Å². The zero-order valence-electron chi connectivity index (χ0n) is 19.4. The molecule has 0 aliphatic carbocycles. The van der Waals surface area contributed by atoms with Crippen molar-refractivity contribution in [2.45, 2.75) is 52.5 Å². The van der Waals surface area contributed by atoms with Crippen molar-refractivity contribution in [3.05, 3.63) is 53.9 Å². The van der Waals surface area contributed by atoms with Crippen LogP contribution in [0.4, 0.5) is 0 Å². The van der Waals surface area contributed by atoms with Gasteiger partial charge >= 0.3 is 0 Å². The van der Waals surface area contributed by atoms with Crippen LogP contribution in [0.15, 0.2) is 42.1 Å². The fourth-order valence-electron chi connectivity index (χ4n) is 4.41. The first-order valence-electron chi connectivity index (χ1n) is 11.0. The number of aliphatic hydroxyl groups is 1. The largest absolute Gasteiger partial charge is 0.389 e. The lowest BCUT2D eigenvalue weighted by Crippen LogP contribution is -2.52. The molecule has 0 bridgehead atoms. The van der Waals surface area contributed by atoms with Crippen LogP contribution in [0.2, 0.25) is 0 Å². The molecule has 3 unspecified atom stereocenters. The minimum absolute atomic E-state index is 0.0280. The average molecular weight is 412 g/mol. The van der Waals surface area contributed by atoms with Gasteiger partial charge in [-0.05, 0) is 44.2 Å². The standard InChI is InChI=1S/C26H39N2O2/c1-8-21-10-13-28-24(17-29)22(11-14-30-7)15-20(6)26(28)25(21)23(19(4)5)16-27-12-9-18(2)3/h8-10,12-13,19,22-24,29H,1,6,11,14-17H2,2-5,7H3/q+1. The highest BCUT2D eigenvalue weighted by Gasteiger charge is 2.41. The fraction of sp³-hybridized carbons (Fsp3) is 0.538. The van der Waals surface area contributed by atoms with E-state index in [9.17, 15) is 5.11 Å². The van der Waals surface area contributed by atoms with Crippen LogP contribution in [-0.2, 0) is 4.74 Å². The van der Waals surface area contributed by atoms with Crippen molar-refractivity contribution in [3.63, 3.8) is 0 Å². The van der Waals surface area contributed by atoms with Crippen LogP contribution < -0.4 is 4.57 Å². The first kappa shape index (κ1) is 24.2. The van der Waals surface area contributed by atoms with Crippen LogP contribution in [-0.4, -0.2) is 38.2 Å². The molecule has 1 aliphatic rings. The number of aromatic nitrogens is 1. The first-order valence-corrected chi connectivity index (χ1v) is 11.0. The summed E-state index contributed by atoms with van der Waals surface area (Å²) in [7, 11) is 1.73. The quantitative estimate of drug-likeness (QED) is 0.435. The number of ether oxygens (including phenoxy) is 1. The van der Waals surface area contributed by atoms with Gasteiger partial charge in [0.05, 0.1) is 0 Å². The second kappa shape index (κ2) is 11.4. The molecular formula is C26H39N2O2+. The highest BCUT2D eigenvalue weighted by molar-refractivity contribution is 5.72. The third kappa shape index (κ3) is 5.55. The van der Waals surface area contributed by atoms with Crippen LogP contribution in [0.1, 0.15) is 69.3 Å². The number of hydrogen-bond donors (Lipinski definition) is 1. The number of aliphatic imine (C=N–C) groups is 1. The van der Waals surface area contributed by atoms with E-state index in [1.165, 1.54) is 11.1 Å². The second-order valence-corrected chi connectivity index (χ2v) is 8.85. The summed E-state index contributed by atoms with van der Waals surface area (Å²) in [6, 6.07) is 2.15. The van der Waals surface area contributed by atoms with Crippen molar-refractivity contribution in [3.8, 4) is 0 Å². The molecule has 1 N–H and O–H groups in total. The maximum absolute atomic E-state index is 10.2. The van der Waals surface area contributed by atoms with Crippen LogP contribution >= 0.6 is 0 Å². The van der Waals surface area contributed by atoms with Crippen molar-refractivity contribution in [1.29, 1.82) is 0 Å². The Morgan fingerprint density at radius 1 is 1.40 bits per heavy atom. The molecular weight excluding hydrogens is 372 g/mol. The van der Waals surface area contributed by atoms with Crippen molar-refractivity contribution in [1.82, 2.24) is 0 Å². The molecule has 1 aromatic rings. The Bertz CT molecular complexity index is 803. The van der Waals surface area contributed by atoms with Crippen LogP contribution in [0.5, 0.6) is 0 Å². The molecule has 0 saturated carbocycles. The fourth-order valence-corrected chi connectivity index (χ4v) is 4.41. The van der Waals surface area contributed by atoms with E-state index in [4.69, 9.17) is 9.73 Å². The van der Waals surface area contributed by atoms with Gasteiger partial charge in [-0.25, -0.2) is 0 Å². The molecule has 0 spiro atoms. The van der Waals surface area contributed by atoms with Crippen molar-refractivity contribution >= 4 is 17.9 Å². The molecule has 0 saturated heterocycles. The Labute approximate surface area is 182 Å². The van der Waals surface area contributed by atoms with E-state index in [2.05, 4.69) is 57.7 Å². The number of aliphatic hydroxyl groups excluding tert-OH is 1. The Kier molecular flexibility index (Phi) is 9.19. The number of nitrogens with zero attached hydrogens (tertiary/aromatic N) is 2. The molecule has 2 rings (SSSR count). The number of allylic oxidation sites excluding steroid dienone is 3. The summed E-state index contributed by atoms with van der Waals surface area (Å²) in [5.74, 6) is 0.968. The van der Waals surface area contributed by atoms with Crippen LogP contribution in [0.3, 0.4) is 0 Å². The molecule has 4 heteroatoms. The SMILES string of the molecule is C=Cc1cc[n+]2c(c1C(CN=CC=C(C)C)C(C)C)C(=C)CC(CCOC)C2CO. The summed E-state index contributed by atoms with van der Waals surface area (Å²) < 4.78 is 7.55. The van der Waals surface area contributed by atoms with Gasteiger partial charge in [-0.1, -0.05) is 38.7 Å². The van der Waals surface area contributed by atoms with Gasteiger partial charge in [0.2, 0.25) is 5.69 Å². The van der Waals surface area contributed by atoms with Gasteiger partial charge in [0, 0.05) is 55.5 Å². The Balaban J connectivity index is 2.56. The summed E-state index contributed by atoms with van der Waals surface area (Å²) >= 11 is 0. The maximum Gasteiger partial charge on any atom is 0.212 e. The Morgan fingerprint density at radius 2 is 2.13 bits per heavy atom. The summed E-state index contributed by atoms with van der Waals surface area (Å²) in [5.41, 5.74) is 5.89. The van der Waals surface area contributed by atoms with Gasteiger partial charge in [-0.15, -0.1) is 0 Å². The van der Waals surface area contributed by atoms with Crippen molar-refractivity contribution in [2.75, 3.05) is 26.9 Å². The monoisotopic (exact) mass is 411 g/mol. The third-order valence-electron chi connectivity index (χ3n) is 6.07. The number of rotatable bonds is 10. The van der Waals surface area contributed by atoms with E-state index in [-0.39, 0.29) is 18.6 Å². The predicted octanol–water partition coefficient (Wildman–Crippen LogP) is 5.00. The second-order valence-electron chi connectivity index (χ2n) is 8.85. The minimum atomic E-state index is 0.0280. The molecule has 164 valence electrons. The lowest BCUT2D eigenvalue weighted by molar-refractivity contribution is -0.737. The zero-order valence-corrected chi connectivity index (χ0v) is 19.4. The predicted molar refractivity (Wildman–Crippen MR) is 127 cm³/mol. The van der Waals surface area contributed by atoms with E-state index in [0.29, 0.717) is 25.0 Å². The molecule has 0 aromatic carbocycles. The number of methoxy groups -OCH3 is 1. The number of hydrogen-bond acceptors (Lipinski definition) is 3. The van der Waals surface area contributed by atoms with E-state index in [1.807, 2.05) is 18.4 Å². The summed E-state index contributed by atoms with van der Waals surface area (Å²) in [4.78, 5) is 4.71. The van der Waals surface area contributed by atoms with E-state index >= 15 is 0 Å². The highest BCUT2D eigenvalue weighted by Crippen LogP contribution is 2.39. The van der Waals surface area contributed by atoms with Gasteiger partial charge in [0.1, 0.15) is 6.61 Å². The van der Waals surface area contributed by atoms with Gasteiger partial charge < -0.3 is 9.84 Å². The molecule has 1 aliphatic heterocycles. The lowest BCUT2D eigenvalue weighted by Gasteiger charge is -2.32. The Hall–Kier alpha value is -2.04. The maximum atomic E-state index is 10.2. The molecule has 0 amide bonds. The molecule has 0 radical (unpaired) electrons. The van der Waals surface area contributed by atoms with Crippen molar-refractivity contribution in [2.24, 2.45) is 16.8 Å². The molecule has 4 nitrogen and oxygen atoms in total. The summed E-state index contributed by atoms with van der Waals surface area (Å²) in [6.45, 7) is 18.7. The Morgan fingerprint density at radius 3 is 2.70 bits per heavy atom. The third-order valence-corrected chi connectivity index (χ3v) is 6.07. The van der Waals surface area contributed by atoms with E-state index in [0.717, 1.165) is 29.7 Å². The summed E-state index contributed by atoms with van der Waals surface area (Å²) in [5, 5.41) is 10.2. The topological polar surface area (TPSA) is 45.7 Å². The zero-order chi connectivity index (χ0) is 22.3. The molecule has 3 atom stereocenters. The molecule has 2 heterocycles. The highest BCUT2D eigenvalue weighted by atomic mass is 16.5. The van der Waals surface area contributed by atoms with Gasteiger partial charge in [-0.2, -0.15) is 4.57 Å². The van der Waals surface area contributed by atoms with Gasteiger partial charge in [0.15, 0.2) is 12.2 Å². The molecule has 0 fully saturated rings. The smallest absolute Gasteiger partial charge is 0.212 e. The molecule has 30 heavy (non-hydrogen) atoms. The van der Waals surface area contributed by atoms with Crippen molar-refractivity contribution < 1.29 is 14.4 Å². The van der Waals surface area contributed by atoms with Crippen LogP contribution in [0, 0.1) is 11.8 Å². The van der Waals surface area contributed by atoms with E-state index in [1.54, 1.807) is 7.11 Å². The van der Waals surface area contributed by atoms with Crippen LogP contribution in [0.25, 0.3) is 11.6 Å². The average Bonchev–Trinajstić information content (AvgIpc) is 2.71.